The minimum atomic E-state index is 0.000309. The first kappa shape index (κ1) is 20.5. The van der Waals surface area contributed by atoms with Crippen LogP contribution in [0.1, 0.15) is 30.1 Å². The summed E-state index contributed by atoms with van der Waals surface area (Å²) in [5.41, 5.74) is 3.59. The van der Waals surface area contributed by atoms with E-state index < -0.39 is 0 Å². The topological polar surface area (TPSA) is 57.3 Å². The number of nitrogens with zero attached hydrogens (tertiary/aromatic N) is 2. The molecule has 2 heterocycles. The van der Waals surface area contributed by atoms with Crippen LogP contribution in [0.3, 0.4) is 0 Å². The van der Waals surface area contributed by atoms with Gasteiger partial charge in [-0.2, -0.15) is 0 Å². The molecule has 1 saturated heterocycles. The molecule has 3 aromatic carbocycles. The fraction of sp³-hybridized carbons (Fsp3) is 0.259. The molecule has 1 atom stereocenters. The lowest BCUT2D eigenvalue weighted by atomic mass is 10.0. The molecule has 5 nitrogen and oxygen atoms in total. The fourth-order valence-electron chi connectivity index (χ4n) is 4.53. The Labute approximate surface area is 188 Å². The van der Waals surface area contributed by atoms with E-state index in [0.29, 0.717) is 5.56 Å². The maximum absolute atomic E-state index is 12.7. The van der Waals surface area contributed by atoms with Gasteiger partial charge in [0, 0.05) is 41.1 Å². The Morgan fingerprint density at radius 3 is 2.62 bits per heavy atom. The van der Waals surface area contributed by atoms with Gasteiger partial charge in [0.1, 0.15) is 0 Å². The zero-order chi connectivity index (χ0) is 21.9. The van der Waals surface area contributed by atoms with Crippen LogP contribution in [0.15, 0.2) is 72.9 Å². The first-order valence-electron chi connectivity index (χ1n) is 11.4. The molecule has 1 aliphatic rings. The molecule has 1 fully saturated rings. The monoisotopic (exact) mass is 424 g/mol. The number of piperidine rings is 1. The Bertz CT molecular complexity index is 1250. The molecular formula is C27H28N4O. The van der Waals surface area contributed by atoms with E-state index in [1.165, 1.54) is 10.8 Å². The maximum atomic E-state index is 12.7. The number of fused-ring (bicyclic) bond motifs is 2. The van der Waals surface area contributed by atoms with Crippen molar-refractivity contribution in [2.75, 3.05) is 25.0 Å². The van der Waals surface area contributed by atoms with Crippen molar-refractivity contribution in [1.29, 1.82) is 0 Å². The summed E-state index contributed by atoms with van der Waals surface area (Å²) < 4.78 is 0. The van der Waals surface area contributed by atoms with Gasteiger partial charge in [-0.3, -0.25) is 9.78 Å². The molecule has 1 aliphatic heterocycles. The average Bonchev–Trinajstić information content (AvgIpc) is 2.83. The minimum absolute atomic E-state index is 0.000309. The molecule has 1 amide bonds. The summed E-state index contributed by atoms with van der Waals surface area (Å²) in [7, 11) is 0. The van der Waals surface area contributed by atoms with Gasteiger partial charge in [-0.15, -0.1) is 0 Å². The molecule has 162 valence electrons. The van der Waals surface area contributed by atoms with Crippen LogP contribution in [-0.4, -0.2) is 41.5 Å². The van der Waals surface area contributed by atoms with Crippen molar-refractivity contribution in [2.24, 2.45) is 0 Å². The zero-order valence-electron chi connectivity index (χ0n) is 18.3. The first-order chi connectivity index (χ1) is 15.7. The van der Waals surface area contributed by atoms with Crippen LogP contribution in [0.5, 0.6) is 0 Å². The summed E-state index contributed by atoms with van der Waals surface area (Å²) in [4.78, 5) is 19.7. The van der Waals surface area contributed by atoms with E-state index in [0.717, 1.165) is 54.8 Å². The highest BCUT2D eigenvalue weighted by atomic mass is 16.1. The average molecular weight is 425 g/mol. The van der Waals surface area contributed by atoms with Crippen molar-refractivity contribution < 1.29 is 4.79 Å². The second-order valence-electron chi connectivity index (χ2n) is 8.48. The number of hydrogen-bond donors (Lipinski definition) is 2. The van der Waals surface area contributed by atoms with Gasteiger partial charge in [0.15, 0.2) is 0 Å². The van der Waals surface area contributed by atoms with Crippen molar-refractivity contribution in [2.45, 2.75) is 25.8 Å². The number of likely N-dealkylation sites (N-methyl/N-ethyl adjacent to an activating group) is 1. The molecular weight excluding hydrogens is 396 g/mol. The van der Waals surface area contributed by atoms with Crippen LogP contribution in [0, 0.1) is 0 Å². The lowest BCUT2D eigenvalue weighted by Gasteiger charge is -2.32. The number of carbonyl (C=O) groups is 1. The lowest BCUT2D eigenvalue weighted by Crippen LogP contribution is -2.47. The van der Waals surface area contributed by atoms with Crippen molar-refractivity contribution >= 4 is 39.0 Å². The third-order valence-corrected chi connectivity index (χ3v) is 6.32. The van der Waals surface area contributed by atoms with Crippen LogP contribution in [0.2, 0.25) is 0 Å². The zero-order valence-corrected chi connectivity index (χ0v) is 18.3. The Hall–Kier alpha value is -3.44. The van der Waals surface area contributed by atoms with E-state index in [4.69, 9.17) is 0 Å². The molecule has 32 heavy (non-hydrogen) atoms. The molecule has 1 aromatic heterocycles. The van der Waals surface area contributed by atoms with Crippen molar-refractivity contribution in [1.82, 2.24) is 15.2 Å². The molecule has 0 aliphatic carbocycles. The highest BCUT2D eigenvalue weighted by Gasteiger charge is 2.20. The molecule has 2 N–H and O–H groups in total. The number of anilines is 2. The summed E-state index contributed by atoms with van der Waals surface area (Å²) in [6.07, 6.45) is 4.01. The van der Waals surface area contributed by atoms with Crippen molar-refractivity contribution in [3.8, 4) is 0 Å². The number of rotatable bonds is 5. The third kappa shape index (κ3) is 4.30. The van der Waals surface area contributed by atoms with Gasteiger partial charge in [0.05, 0.1) is 5.52 Å². The highest BCUT2D eigenvalue weighted by molar-refractivity contribution is 6.02. The molecule has 5 heteroatoms. The van der Waals surface area contributed by atoms with Crippen LogP contribution in [0.4, 0.5) is 11.4 Å². The standard InChI is InChI=1S/C27H28N4O/c1-2-31-15-5-8-23(18-31)30-27(32)19-9-11-22(12-10-19)29-25-13-14-28-26-17-21-7-4-3-6-20(21)16-24(25)26/h3-4,6-7,9-14,16-17,23H,2,5,8,15,18H2,1H3,(H,28,29)(H,30,32)/t23-/m0/s1. The summed E-state index contributed by atoms with van der Waals surface area (Å²) >= 11 is 0. The van der Waals surface area contributed by atoms with Gasteiger partial charge >= 0.3 is 0 Å². The normalized spacial score (nSPS) is 16.8. The van der Waals surface area contributed by atoms with Crippen LogP contribution >= 0.6 is 0 Å². The van der Waals surface area contributed by atoms with Crippen molar-refractivity contribution in [3.05, 3.63) is 78.5 Å². The second-order valence-corrected chi connectivity index (χ2v) is 8.48. The van der Waals surface area contributed by atoms with Gasteiger partial charge in [-0.1, -0.05) is 31.2 Å². The number of pyridine rings is 1. The Balaban J connectivity index is 1.32. The van der Waals surface area contributed by atoms with E-state index in [1.807, 2.05) is 42.6 Å². The second kappa shape index (κ2) is 8.97. The van der Waals surface area contributed by atoms with Gasteiger partial charge in [0.2, 0.25) is 0 Å². The third-order valence-electron chi connectivity index (χ3n) is 6.32. The molecule has 0 radical (unpaired) electrons. The summed E-state index contributed by atoms with van der Waals surface area (Å²) in [6.45, 7) is 5.27. The van der Waals surface area contributed by atoms with Gasteiger partial charge in [-0.25, -0.2) is 0 Å². The molecule has 4 aromatic rings. The highest BCUT2D eigenvalue weighted by Crippen LogP contribution is 2.29. The number of likely N-dealkylation sites (tertiary alicyclic amines) is 1. The van der Waals surface area contributed by atoms with Gasteiger partial charge in [0.25, 0.3) is 5.91 Å². The molecule has 0 unspecified atom stereocenters. The Kier molecular flexibility index (Phi) is 5.73. The summed E-state index contributed by atoms with van der Waals surface area (Å²) in [5.74, 6) is 0.000309. The van der Waals surface area contributed by atoms with E-state index in [1.54, 1.807) is 0 Å². The smallest absolute Gasteiger partial charge is 0.251 e. The molecule has 5 rings (SSSR count). The summed E-state index contributed by atoms with van der Waals surface area (Å²) in [6, 6.07) is 22.5. The SMILES string of the molecule is CCN1CCC[C@H](NC(=O)c2ccc(Nc3ccnc4cc5ccccc5cc34)cc2)C1. The first-order valence-corrected chi connectivity index (χ1v) is 11.4. The molecule has 0 bridgehead atoms. The summed E-state index contributed by atoms with van der Waals surface area (Å²) in [5, 5.41) is 10.1. The quantitative estimate of drug-likeness (QED) is 0.424. The van der Waals surface area contributed by atoms with Crippen molar-refractivity contribution in [3.63, 3.8) is 0 Å². The van der Waals surface area contributed by atoms with E-state index >= 15 is 0 Å². The predicted octanol–water partition coefficient (Wildman–Crippen LogP) is 5.35. The van der Waals surface area contributed by atoms with E-state index in [2.05, 4.69) is 57.8 Å². The number of nitrogens with one attached hydrogen (secondary N) is 2. The van der Waals surface area contributed by atoms with Gasteiger partial charge < -0.3 is 15.5 Å². The number of benzene rings is 3. The van der Waals surface area contributed by atoms with Crippen LogP contribution < -0.4 is 10.6 Å². The number of amides is 1. The molecule has 0 spiro atoms. The Morgan fingerprint density at radius 2 is 1.84 bits per heavy atom. The van der Waals surface area contributed by atoms with Crippen LogP contribution in [-0.2, 0) is 0 Å². The van der Waals surface area contributed by atoms with Gasteiger partial charge in [-0.05, 0) is 79.2 Å². The number of carbonyl (C=O) groups excluding carboxylic acids is 1. The maximum Gasteiger partial charge on any atom is 0.251 e. The lowest BCUT2D eigenvalue weighted by molar-refractivity contribution is 0.0906. The fourth-order valence-corrected chi connectivity index (χ4v) is 4.53. The number of aromatic nitrogens is 1. The minimum Gasteiger partial charge on any atom is -0.355 e. The predicted molar refractivity (Wildman–Crippen MR) is 132 cm³/mol. The number of hydrogen-bond acceptors (Lipinski definition) is 4. The largest absolute Gasteiger partial charge is 0.355 e. The molecule has 0 saturated carbocycles. The van der Waals surface area contributed by atoms with E-state index in [-0.39, 0.29) is 11.9 Å². The van der Waals surface area contributed by atoms with Crippen LogP contribution in [0.25, 0.3) is 21.7 Å². The van der Waals surface area contributed by atoms with E-state index in [9.17, 15) is 4.79 Å². The Morgan fingerprint density at radius 1 is 1.06 bits per heavy atom.